The Hall–Kier alpha value is -2.82. The van der Waals surface area contributed by atoms with Crippen LogP contribution in [0.15, 0.2) is 48.5 Å². The van der Waals surface area contributed by atoms with Gasteiger partial charge in [0.25, 0.3) is 5.91 Å². The molecule has 0 fully saturated rings. The number of aryl methyl sites for hydroxylation is 1. The van der Waals surface area contributed by atoms with Gasteiger partial charge in [-0.25, -0.2) is 0 Å². The Balaban J connectivity index is 1.99. The number of benzene rings is 2. The summed E-state index contributed by atoms with van der Waals surface area (Å²) in [5, 5.41) is 5.52. The minimum atomic E-state index is -0.659. The number of nitrogens with one attached hydrogen (secondary N) is 2. The number of anilines is 1. The van der Waals surface area contributed by atoms with E-state index in [1.807, 2.05) is 38.1 Å². The summed E-state index contributed by atoms with van der Waals surface area (Å²) in [6, 6.07) is 13.7. The van der Waals surface area contributed by atoms with Crippen LogP contribution in [0.1, 0.15) is 29.8 Å². The first-order valence-corrected chi connectivity index (χ1v) is 7.91. The molecule has 2 N–H and O–H groups in total. The van der Waals surface area contributed by atoms with Crippen LogP contribution < -0.4 is 15.4 Å². The van der Waals surface area contributed by atoms with Gasteiger partial charge in [-0.2, -0.15) is 0 Å². The van der Waals surface area contributed by atoms with E-state index < -0.39 is 6.04 Å². The van der Waals surface area contributed by atoms with Gasteiger partial charge in [-0.15, -0.1) is 0 Å². The smallest absolute Gasteiger partial charge is 0.252 e. The second-order valence-corrected chi connectivity index (χ2v) is 5.46. The van der Waals surface area contributed by atoms with Crippen molar-refractivity contribution in [3.63, 3.8) is 0 Å². The summed E-state index contributed by atoms with van der Waals surface area (Å²) in [4.78, 5) is 24.5. The lowest BCUT2D eigenvalue weighted by molar-refractivity contribution is -0.117. The summed E-state index contributed by atoms with van der Waals surface area (Å²) in [7, 11) is 0. The molecule has 0 aliphatic heterocycles. The van der Waals surface area contributed by atoms with Gasteiger partial charge in [-0.3, -0.25) is 9.59 Å². The Morgan fingerprint density at radius 1 is 1.12 bits per heavy atom. The van der Waals surface area contributed by atoms with E-state index in [9.17, 15) is 9.59 Å². The average Bonchev–Trinajstić information content (AvgIpc) is 2.57. The number of hydrogen-bond donors (Lipinski definition) is 2. The lowest BCUT2D eigenvalue weighted by Crippen LogP contribution is -2.41. The Kier molecular flexibility index (Phi) is 5.95. The first kappa shape index (κ1) is 17.5. The largest absolute Gasteiger partial charge is 0.494 e. The summed E-state index contributed by atoms with van der Waals surface area (Å²) in [5.74, 6) is 0.0461. The summed E-state index contributed by atoms with van der Waals surface area (Å²) >= 11 is 0. The van der Waals surface area contributed by atoms with Gasteiger partial charge < -0.3 is 15.4 Å². The molecule has 0 saturated carbocycles. The highest BCUT2D eigenvalue weighted by atomic mass is 16.5. The number of ether oxygens (including phenoxy) is 1. The highest BCUT2D eigenvalue weighted by Gasteiger charge is 2.17. The van der Waals surface area contributed by atoms with E-state index in [0.717, 1.165) is 11.3 Å². The standard InChI is InChI=1S/C19H22N2O3/c1-4-24-16-10-7-9-15(12-16)19(23)20-14(3)18(22)21-17-11-6-5-8-13(17)2/h5-12,14H,4H2,1-3H3,(H,20,23)(H,21,22). The van der Waals surface area contributed by atoms with Gasteiger partial charge in [0.05, 0.1) is 6.61 Å². The van der Waals surface area contributed by atoms with Crippen molar-refractivity contribution < 1.29 is 14.3 Å². The van der Waals surface area contributed by atoms with Crippen molar-refractivity contribution in [3.8, 4) is 5.75 Å². The molecule has 0 bridgehead atoms. The molecule has 1 unspecified atom stereocenters. The van der Waals surface area contributed by atoms with Crippen LogP contribution in [0, 0.1) is 6.92 Å². The van der Waals surface area contributed by atoms with E-state index in [4.69, 9.17) is 4.74 Å². The van der Waals surface area contributed by atoms with Gasteiger partial charge in [0.15, 0.2) is 0 Å². The van der Waals surface area contributed by atoms with Crippen molar-refractivity contribution in [2.75, 3.05) is 11.9 Å². The molecule has 0 saturated heterocycles. The summed E-state index contributed by atoms with van der Waals surface area (Å²) < 4.78 is 5.38. The molecule has 0 spiro atoms. The maximum atomic E-state index is 12.3. The first-order chi connectivity index (χ1) is 11.5. The van der Waals surface area contributed by atoms with Gasteiger partial charge in [0, 0.05) is 11.3 Å². The molecule has 5 nitrogen and oxygen atoms in total. The molecule has 0 aliphatic carbocycles. The quantitative estimate of drug-likeness (QED) is 0.857. The van der Waals surface area contributed by atoms with Gasteiger partial charge in [-0.1, -0.05) is 24.3 Å². The molecule has 0 heterocycles. The molecular weight excluding hydrogens is 304 g/mol. The number of carbonyl (C=O) groups excluding carboxylic acids is 2. The maximum Gasteiger partial charge on any atom is 0.252 e. The first-order valence-electron chi connectivity index (χ1n) is 7.91. The zero-order chi connectivity index (χ0) is 17.5. The Labute approximate surface area is 142 Å². The summed E-state index contributed by atoms with van der Waals surface area (Å²) in [6.45, 7) is 5.97. The predicted molar refractivity (Wildman–Crippen MR) is 94.3 cm³/mol. The van der Waals surface area contributed by atoms with Crippen LogP contribution in [0.4, 0.5) is 5.69 Å². The fraction of sp³-hybridized carbons (Fsp3) is 0.263. The summed E-state index contributed by atoms with van der Waals surface area (Å²) in [6.07, 6.45) is 0. The summed E-state index contributed by atoms with van der Waals surface area (Å²) in [5.41, 5.74) is 2.16. The van der Waals surface area contributed by atoms with Gasteiger partial charge in [0.1, 0.15) is 11.8 Å². The van der Waals surface area contributed by atoms with E-state index >= 15 is 0 Å². The molecule has 0 radical (unpaired) electrons. The molecule has 1 atom stereocenters. The minimum absolute atomic E-state index is 0.265. The minimum Gasteiger partial charge on any atom is -0.494 e. The van der Waals surface area contributed by atoms with Crippen LogP contribution in [0.2, 0.25) is 0 Å². The van der Waals surface area contributed by atoms with Crippen LogP contribution in [0.5, 0.6) is 5.75 Å². The topological polar surface area (TPSA) is 67.4 Å². The normalized spacial score (nSPS) is 11.5. The number of rotatable bonds is 6. The van der Waals surface area contributed by atoms with Crippen LogP contribution in [-0.4, -0.2) is 24.5 Å². The van der Waals surface area contributed by atoms with E-state index in [1.165, 1.54) is 0 Å². The fourth-order valence-corrected chi connectivity index (χ4v) is 2.19. The highest BCUT2D eigenvalue weighted by molar-refractivity contribution is 6.01. The fourth-order valence-electron chi connectivity index (χ4n) is 2.19. The van der Waals surface area contributed by atoms with Gasteiger partial charge in [0.2, 0.25) is 5.91 Å². The zero-order valence-electron chi connectivity index (χ0n) is 14.1. The van der Waals surface area contributed by atoms with E-state index in [2.05, 4.69) is 10.6 Å². The van der Waals surface area contributed by atoms with Crippen LogP contribution in [0.3, 0.4) is 0 Å². The second-order valence-electron chi connectivity index (χ2n) is 5.46. The molecule has 0 aliphatic rings. The number of para-hydroxylation sites is 1. The Morgan fingerprint density at radius 3 is 2.58 bits per heavy atom. The third kappa shape index (κ3) is 4.59. The third-order valence-corrected chi connectivity index (χ3v) is 3.55. The van der Waals surface area contributed by atoms with Crippen molar-refractivity contribution in [2.24, 2.45) is 0 Å². The molecule has 24 heavy (non-hydrogen) atoms. The van der Waals surface area contributed by atoms with Crippen LogP contribution in [-0.2, 0) is 4.79 Å². The second kappa shape index (κ2) is 8.15. The molecule has 2 aromatic rings. The molecule has 0 aromatic heterocycles. The number of amides is 2. The van der Waals surface area contributed by atoms with E-state index in [1.54, 1.807) is 31.2 Å². The monoisotopic (exact) mass is 326 g/mol. The van der Waals surface area contributed by atoms with Gasteiger partial charge >= 0.3 is 0 Å². The molecule has 2 rings (SSSR count). The third-order valence-electron chi connectivity index (χ3n) is 3.55. The van der Waals surface area contributed by atoms with Crippen LogP contribution in [0.25, 0.3) is 0 Å². The van der Waals surface area contributed by atoms with Crippen molar-refractivity contribution in [1.82, 2.24) is 5.32 Å². The molecule has 2 aromatic carbocycles. The molecule has 2 amide bonds. The van der Waals surface area contributed by atoms with Gasteiger partial charge in [-0.05, 0) is 50.6 Å². The van der Waals surface area contributed by atoms with E-state index in [0.29, 0.717) is 17.9 Å². The number of carbonyl (C=O) groups is 2. The molecule has 5 heteroatoms. The molecular formula is C19H22N2O3. The maximum absolute atomic E-state index is 12.3. The van der Waals surface area contributed by atoms with Crippen molar-refractivity contribution >= 4 is 17.5 Å². The average molecular weight is 326 g/mol. The number of hydrogen-bond acceptors (Lipinski definition) is 3. The van der Waals surface area contributed by atoms with Crippen molar-refractivity contribution in [1.29, 1.82) is 0 Å². The van der Waals surface area contributed by atoms with Crippen LogP contribution >= 0.6 is 0 Å². The van der Waals surface area contributed by atoms with Crippen molar-refractivity contribution in [3.05, 3.63) is 59.7 Å². The van der Waals surface area contributed by atoms with Crippen molar-refractivity contribution in [2.45, 2.75) is 26.8 Å². The molecule has 126 valence electrons. The Morgan fingerprint density at radius 2 is 1.88 bits per heavy atom. The zero-order valence-corrected chi connectivity index (χ0v) is 14.1. The highest BCUT2D eigenvalue weighted by Crippen LogP contribution is 2.15. The lowest BCUT2D eigenvalue weighted by atomic mass is 10.1. The Bertz CT molecular complexity index is 728. The van der Waals surface area contributed by atoms with E-state index in [-0.39, 0.29) is 11.8 Å². The lowest BCUT2D eigenvalue weighted by Gasteiger charge is -2.15. The predicted octanol–water partition coefficient (Wildman–Crippen LogP) is 3.15. The SMILES string of the molecule is CCOc1cccc(C(=O)NC(C)C(=O)Nc2ccccc2C)c1.